The van der Waals surface area contributed by atoms with Crippen LogP contribution in [0.4, 0.5) is 0 Å². The van der Waals surface area contributed by atoms with E-state index < -0.39 is 10.0 Å². The monoisotopic (exact) mass is 389 g/mol. The summed E-state index contributed by atoms with van der Waals surface area (Å²) in [7, 11) is -3.49. The number of aryl methyl sites for hydroxylation is 2. The van der Waals surface area contributed by atoms with Crippen LogP contribution < -0.4 is 0 Å². The molecule has 138 valence electrons. The van der Waals surface area contributed by atoms with E-state index in [4.69, 9.17) is 11.6 Å². The van der Waals surface area contributed by atoms with Gasteiger partial charge in [0.25, 0.3) is 10.0 Å². The highest BCUT2D eigenvalue weighted by atomic mass is 35.5. The zero-order valence-electron chi connectivity index (χ0n) is 15.2. The molecule has 1 unspecified atom stereocenters. The average Bonchev–Trinajstić information content (AvgIpc) is 3.05. The number of benzene rings is 2. The summed E-state index contributed by atoms with van der Waals surface area (Å²) in [6.07, 6.45) is 4.42. The number of hydrogen-bond donors (Lipinski definition) is 0. The summed E-state index contributed by atoms with van der Waals surface area (Å²) in [5, 5.41) is 0.775. The van der Waals surface area contributed by atoms with Gasteiger partial charge in [-0.1, -0.05) is 54.4 Å². The highest BCUT2D eigenvalue weighted by Crippen LogP contribution is 2.32. The molecule has 0 spiro atoms. The summed E-state index contributed by atoms with van der Waals surface area (Å²) in [5.74, 6) is 0.233. The largest absolute Gasteiger partial charge is 0.273 e. The van der Waals surface area contributed by atoms with E-state index in [1.165, 1.54) is 9.88 Å². The molecule has 1 atom stereocenters. The van der Waals surface area contributed by atoms with Gasteiger partial charge in [-0.25, -0.2) is 8.42 Å². The fraction of sp³-hybridized carbons (Fsp3) is 0.333. The highest BCUT2D eigenvalue weighted by Gasteiger charge is 2.31. The summed E-state index contributed by atoms with van der Waals surface area (Å²) < 4.78 is 27.4. The minimum atomic E-state index is -3.49. The van der Waals surface area contributed by atoms with Crippen molar-refractivity contribution in [1.29, 1.82) is 0 Å². The number of rotatable bonds is 6. The molecule has 3 rings (SSSR count). The Kier molecular flexibility index (Phi) is 5.73. The Bertz CT molecular complexity index is 904. The van der Waals surface area contributed by atoms with Crippen molar-refractivity contribution in [2.75, 3.05) is 6.54 Å². The van der Waals surface area contributed by atoms with Gasteiger partial charge in [0.15, 0.2) is 0 Å². The lowest BCUT2D eigenvalue weighted by Crippen LogP contribution is -2.26. The third-order valence-electron chi connectivity index (χ3n) is 4.99. The molecule has 5 heteroatoms. The molecule has 0 N–H and O–H groups in total. The summed E-state index contributed by atoms with van der Waals surface area (Å²) in [6.45, 7) is 4.53. The van der Waals surface area contributed by atoms with Gasteiger partial charge < -0.3 is 0 Å². The molecule has 0 saturated carbocycles. The van der Waals surface area contributed by atoms with Crippen LogP contribution in [-0.2, 0) is 16.4 Å². The quantitative estimate of drug-likeness (QED) is 0.681. The average molecular weight is 390 g/mol. The number of hydrogen-bond acceptors (Lipinski definition) is 2. The molecule has 0 saturated heterocycles. The Morgan fingerprint density at radius 2 is 1.81 bits per heavy atom. The first-order valence-corrected chi connectivity index (χ1v) is 10.8. The van der Waals surface area contributed by atoms with E-state index in [1.54, 1.807) is 12.1 Å². The van der Waals surface area contributed by atoms with Gasteiger partial charge >= 0.3 is 0 Å². The van der Waals surface area contributed by atoms with Gasteiger partial charge in [-0.2, -0.15) is 0 Å². The molecular weight excluding hydrogens is 366 g/mol. The predicted molar refractivity (Wildman–Crippen MR) is 107 cm³/mol. The second-order valence-electron chi connectivity index (χ2n) is 6.77. The van der Waals surface area contributed by atoms with Crippen molar-refractivity contribution in [2.45, 2.75) is 38.0 Å². The van der Waals surface area contributed by atoms with Crippen molar-refractivity contribution >= 4 is 21.6 Å². The summed E-state index contributed by atoms with van der Waals surface area (Å²) in [6, 6.07) is 14.9. The molecule has 3 nitrogen and oxygen atoms in total. The Morgan fingerprint density at radius 1 is 1.12 bits per heavy atom. The van der Waals surface area contributed by atoms with Crippen molar-refractivity contribution in [3.05, 3.63) is 76.5 Å². The molecule has 0 bridgehead atoms. The summed E-state index contributed by atoms with van der Waals surface area (Å²) in [5.41, 5.74) is 3.35. The standard InChI is InChI=1S/C21H24ClNO2S/c1-3-17-14-23(26(24,25)20-12-8-16(2)9-13-20)15-19(17)11-10-18-6-4-5-7-21(18)22/h4-9,12-14,19H,3,10-11,15H2,1-2H3. The smallest absolute Gasteiger partial charge is 0.263 e. The molecule has 0 fully saturated rings. The predicted octanol–water partition coefficient (Wildman–Crippen LogP) is 5.20. The molecule has 0 aromatic heterocycles. The minimum absolute atomic E-state index is 0.233. The van der Waals surface area contributed by atoms with Gasteiger partial charge in [0.2, 0.25) is 0 Å². The van der Waals surface area contributed by atoms with Gasteiger partial charge in [0.05, 0.1) is 4.90 Å². The Hall–Kier alpha value is -1.78. The maximum Gasteiger partial charge on any atom is 0.263 e. The zero-order chi connectivity index (χ0) is 18.7. The van der Waals surface area contributed by atoms with Crippen molar-refractivity contribution in [3.63, 3.8) is 0 Å². The number of halogens is 1. The highest BCUT2D eigenvalue weighted by molar-refractivity contribution is 7.89. The van der Waals surface area contributed by atoms with Gasteiger partial charge in [-0.05, 0) is 55.5 Å². The van der Waals surface area contributed by atoms with Crippen LogP contribution in [0.5, 0.6) is 0 Å². The van der Waals surface area contributed by atoms with Gasteiger partial charge in [-0.15, -0.1) is 0 Å². The third-order valence-corrected chi connectivity index (χ3v) is 7.10. The normalized spacial score (nSPS) is 17.4. The number of nitrogens with zero attached hydrogens (tertiary/aromatic N) is 1. The molecular formula is C21H24ClNO2S. The van der Waals surface area contributed by atoms with Crippen molar-refractivity contribution in [3.8, 4) is 0 Å². The second kappa shape index (κ2) is 7.85. The lowest BCUT2D eigenvalue weighted by atomic mass is 9.93. The first-order chi connectivity index (χ1) is 12.4. The van der Waals surface area contributed by atoms with Crippen molar-refractivity contribution in [2.24, 2.45) is 5.92 Å². The maximum absolute atomic E-state index is 12.9. The first-order valence-electron chi connectivity index (χ1n) is 8.94. The Labute approximate surface area is 161 Å². The van der Waals surface area contributed by atoms with Crippen LogP contribution >= 0.6 is 11.6 Å². The molecule has 1 aliphatic rings. The van der Waals surface area contributed by atoms with E-state index in [2.05, 4.69) is 6.92 Å². The lowest BCUT2D eigenvalue weighted by molar-refractivity contribution is 0.460. The molecule has 2 aromatic carbocycles. The van der Waals surface area contributed by atoms with E-state index in [1.807, 2.05) is 49.5 Å². The van der Waals surface area contributed by atoms with Crippen molar-refractivity contribution < 1.29 is 8.42 Å². The van der Waals surface area contributed by atoms with Gasteiger partial charge in [0, 0.05) is 23.7 Å². The van der Waals surface area contributed by atoms with Crippen LogP contribution in [0.15, 0.2) is 65.2 Å². The molecule has 0 radical (unpaired) electrons. The van der Waals surface area contributed by atoms with E-state index in [0.29, 0.717) is 11.4 Å². The second-order valence-corrected chi connectivity index (χ2v) is 9.07. The van der Waals surface area contributed by atoms with Crippen LogP contribution in [-0.4, -0.2) is 19.3 Å². The maximum atomic E-state index is 12.9. The van der Waals surface area contributed by atoms with Crippen LogP contribution in [0.2, 0.25) is 5.02 Å². The van der Waals surface area contributed by atoms with E-state index in [0.717, 1.165) is 35.4 Å². The van der Waals surface area contributed by atoms with Gasteiger partial charge in [-0.3, -0.25) is 4.31 Å². The fourth-order valence-corrected chi connectivity index (χ4v) is 5.01. The van der Waals surface area contributed by atoms with Gasteiger partial charge in [0.1, 0.15) is 0 Å². The van der Waals surface area contributed by atoms with Crippen LogP contribution in [0.25, 0.3) is 0 Å². The summed E-state index contributed by atoms with van der Waals surface area (Å²) >= 11 is 6.25. The number of sulfonamides is 1. The Morgan fingerprint density at radius 3 is 2.46 bits per heavy atom. The van der Waals surface area contributed by atoms with Crippen LogP contribution in [0.3, 0.4) is 0 Å². The third kappa shape index (κ3) is 3.97. The minimum Gasteiger partial charge on any atom is -0.273 e. The molecule has 1 aliphatic heterocycles. The van der Waals surface area contributed by atoms with Crippen LogP contribution in [0, 0.1) is 12.8 Å². The van der Waals surface area contributed by atoms with Crippen molar-refractivity contribution in [1.82, 2.24) is 4.31 Å². The topological polar surface area (TPSA) is 37.4 Å². The lowest BCUT2D eigenvalue weighted by Gasteiger charge is -2.19. The molecule has 26 heavy (non-hydrogen) atoms. The fourth-order valence-electron chi connectivity index (χ4n) is 3.38. The van der Waals surface area contributed by atoms with E-state index in [-0.39, 0.29) is 5.92 Å². The van der Waals surface area contributed by atoms with Crippen LogP contribution in [0.1, 0.15) is 30.9 Å². The summed E-state index contributed by atoms with van der Waals surface area (Å²) in [4.78, 5) is 0.349. The first kappa shape index (κ1) is 19.0. The molecule has 2 aromatic rings. The zero-order valence-corrected chi connectivity index (χ0v) is 16.7. The molecule has 1 heterocycles. The Balaban J connectivity index is 1.75. The van der Waals surface area contributed by atoms with E-state index >= 15 is 0 Å². The molecule has 0 aliphatic carbocycles. The SMILES string of the molecule is CCC1=CN(S(=O)(=O)c2ccc(C)cc2)CC1CCc1ccccc1Cl. The molecule has 0 amide bonds. The van der Waals surface area contributed by atoms with E-state index in [9.17, 15) is 8.42 Å².